The fourth-order valence-electron chi connectivity index (χ4n) is 2.40. The molecule has 4 heteroatoms. The molecule has 0 fully saturated rings. The van der Waals surface area contributed by atoms with E-state index in [0.29, 0.717) is 13.2 Å². The van der Waals surface area contributed by atoms with Crippen molar-refractivity contribution in [2.24, 2.45) is 0 Å². The van der Waals surface area contributed by atoms with E-state index in [1.807, 2.05) is 24.3 Å². The minimum atomic E-state index is -0.226. The van der Waals surface area contributed by atoms with Crippen LogP contribution in [-0.2, 0) is 0 Å². The maximum Gasteiger partial charge on any atom is 0.162 e. The minimum absolute atomic E-state index is 0.226. The number of alkyl halides is 1. The first kappa shape index (κ1) is 14.7. The summed E-state index contributed by atoms with van der Waals surface area (Å²) in [6, 6.07) is 12.2. The molecule has 1 unspecified atom stereocenters. The van der Waals surface area contributed by atoms with Crippen molar-refractivity contribution in [3.8, 4) is 11.5 Å². The van der Waals surface area contributed by atoms with Crippen molar-refractivity contribution in [2.45, 2.75) is 18.7 Å². The lowest BCUT2D eigenvalue weighted by Gasteiger charge is -2.16. The summed E-state index contributed by atoms with van der Waals surface area (Å²) < 4.78 is 12.4. The Balaban J connectivity index is 2.00. The fraction of sp³-hybridized carbons (Fsp3) is 0.294. The van der Waals surface area contributed by atoms with Gasteiger partial charge in [-0.1, -0.05) is 45.8 Å². The van der Waals surface area contributed by atoms with Gasteiger partial charge >= 0.3 is 0 Å². The Morgan fingerprint density at radius 1 is 1.10 bits per heavy atom. The maximum absolute atomic E-state index is 6.67. The van der Waals surface area contributed by atoms with Crippen LogP contribution in [0.5, 0.6) is 11.5 Å². The SMILES string of the molecule is Cc1cccc(C(Cl)c2cc3c(cc2Br)OCCCO3)c1. The van der Waals surface area contributed by atoms with Crippen LogP contribution >= 0.6 is 27.5 Å². The molecule has 0 aliphatic carbocycles. The van der Waals surface area contributed by atoms with Gasteiger partial charge in [0, 0.05) is 10.9 Å². The third kappa shape index (κ3) is 3.19. The normalized spacial score (nSPS) is 15.4. The lowest BCUT2D eigenvalue weighted by molar-refractivity contribution is 0.297. The fourth-order valence-corrected chi connectivity index (χ4v) is 3.40. The standard InChI is InChI=1S/C17H16BrClO2/c1-11-4-2-5-12(8-11)17(19)13-9-15-16(10-14(13)18)21-7-3-6-20-15/h2,4-5,8-10,17H,3,6-7H2,1H3. The van der Waals surface area contributed by atoms with E-state index in [1.165, 1.54) is 5.56 Å². The summed E-state index contributed by atoms with van der Waals surface area (Å²) in [5.41, 5.74) is 3.27. The van der Waals surface area contributed by atoms with E-state index in [2.05, 4.69) is 35.0 Å². The molecule has 1 aliphatic heterocycles. The van der Waals surface area contributed by atoms with Crippen molar-refractivity contribution in [1.82, 2.24) is 0 Å². The second kappa shape index (κ2) is 6.29. The highest BCUT2D eigenvalue weighted by atomic mass is 79.9. The van der Waals surface area contributed by atoms with Gasteiger partial charge in [0.05, 0.1) is 18.6 Å². The summed E-state index contributed by atoms with van der Waals surface area (Å²) >= 11 is 10.3. The molecule has 0 spiro atoms. The average molecular weight is 368 g/mol. The second-order valence-corrected chi connectivity index (χ2v) is 6.44. The number of rotatable bonds is 2. The molecule has 0 radical (unpaired) electrons. The number of benzene rings is 2. The Morgan fingerprint density at radius 2 is 1.81 bits per heavy atom. The monoisotopic (exact) mass is 366 g/mol. The lowest BCUT2D eigenvalue weighted by atomic mass is 10.0. The Kier molecular flexibility index (Phi) is 4.41. The van der Waals surface area contributed by atoms with Crippen molar-refractivity contribution < 1.29 is 9.47 Å². The van der Waals surface area contributed by atoms with E-state index in [9.17, 15) is 0 Å². The highest BCUT2D eigenvalue weighted by Gasteiger charge is 2.19. The predicted octanol–water partition coefficient (Wildman–Crippen LogP) is 5.25. The minimum Gasteiger partial charge on any atom is -0.490 e. The quantitative estimate of drug-likeness (QED) is 0.675. The van der Waals surface area contributed by atoms with Crippen LogP contribution < -0.4 is 9.47 Å². The van der Waals surface area contributed by atoms with Gasteiger partial charge in [-0.2, -0.15) is 0 Å². The molecule has 1 heterocycles. The van der Waals surface area contributed by atoms with E-state index >= 15 is 0 Å². The van der Waals surface area contributed by atoms with E-state index in [4.69, 9.17) is 21.1 Å². The van der Waals surface area contributed by atoms with Crippen LogP contribution in [0.3, 0.4) is 0 Å². The summed E-state index contributed by atoms with van der Waals surface area (Å²) in [5.74, 6) is 1.54. The van der Waals surface area contributed by atoms with Crippen LogP contribution in [0.4, 0.5) is 0 Å². The van der Waals surface area contributed by atoms with Crippen LogP contribution in [-0.4, -0.2) is 13.2 Å². The van der Waals surface area contributed by atoms with Crippen LogP contribution in [0.15, 0.2) is 40.9 Å². The van der Waals surface area contributed by atoms with Crippen molar-refractivity contribution in [3.63, 3.8) is 0 Å². The number of halogens is 2. The molecule has 0 saturated carbocycles. The third-order valence-electron chi connectivity index (χ3n) is 3.47. The molecule has 2 nitrogen and oxygen atoms in total. The molecule has 110 valence electrons. The van der Waals surface area contributed by atoms with E-state index in [-0.39, 0.29) is 5.38 Å². The van der Waals surface area contributed by atoms with Crippen molar-refractivity contribution in [1.29, 1.82) is 0 Å². The first-order valence-electron chi connectivity index (χ1n) is 6.95. The van der Waals surface area contributed by atoms with Gasteiger partial charge in [0.15, 0.2) is 11.5 Å². The molecule has 3 rings (SSSR count). The van der Waals surface area contributed by atoms with Gasteiger partial charge in [-0.3, -0.25) is 0 Å². The molecule has 0 aromatic heterocycles. The lowest BCUT2D eigenvalue weighted by Crippen LogP contribution is -1.98. The summed E-state index contributed by atoms with van der Waals surface area (Å²) in [7, 11) is 0. The van der Waals surface area contributed by atoms with Crippen molar-refractivity contribution >= 4 is 27.5 Å². The largest absolute Gasteiger partial charge is 0.490 e. The number of hydrogen-bond donors (Lipinski definition) is 0. The van der Waals surface area contributed by atoms with E-state index in [0.717, 1.165) is 33.5 Å². The zero-order valence-electron chi connectivity index (χ0n) is 11.7. The smallest absolute Gasteiger partial charge is 0.162 e. The van der Waals surface area contributed by atoms with Crippen LogP contribution in [0, 0.1) is 6.92 Å². The molecule has 21 heavy (non-hydrogen) atoms. The van der Waals surface area contributed by atoms with Crippen LogP contribution in [0.2, 0.25) is 0 Å². The van der Waals surface area contributed by atoms with Gasteiger partial charge in [0.25, 0.3) is 0 Å². The Bertz CT molecular complexity index is 657. The van der Waals surface area contributed by atoms with Gasteiger partial charge in [0.2, 0.25) is 0 Å². The second-order valence-electron chi connectivity index (χ2n) is 5.15. The molecular formula is C17H16BrClO2. The molecule has 0 bridgehead atoms. The molecule has 0 saturated heterocycles. The molecule has 0 amide bonds. The number of aryl methyl sites for hydroxylation is 1. The van der Waals surface area contributed by atoms with Gasteiger partial charge in [0.1, 0.15) is 0 Å². The molecule has 2 aromatic carbocycles. The molecule has 2 aromatic rings. The topological polar surface area (TPSA) is 18.5 Å². The Labute approximate surface area is 138 Å². The van der Waals surface area contributed by atoms with Crippen LogP contribution in [0.1, 0.15) is 28.5 Å². The summed E-state index contributed by atoms with van der Waals surface area (Å²) in [4.78, 5) is 0. The zero-order chi connectivity index (χ0) is 14.8. The van der Waals surface area contributed by atoms with Gasteiger partial charge < -0.3 is 9.47 Å². The predicted molar refractivity (Wildman–Crippen MR) is 88.6 cm³/mol. The first-order chi connectivity index (χ1) is 10.1. The van der Waals surface area contributed by atoms with E-state index in [1.54, 1.807) is 0 Å². The first-order valence-corrected chi connectivity index (χ1v) is 8.18. The summed E-state index contributed by atoms with van der Waals surface area (Å²) in [6.07, 6.45) is 0.893. The molecule has 1 atom stereocenters. The number of hydrogen-bond acceptors (Lipinski definition) is 2. The molecule has 1 aliphatic rings. The number of fused-ring (bicyclic) bond motifs is 1. The summed E-state index contributed by atoms with van der Waals surface area (Å²) in [5, 5.41) is -0.226. The van der Waals surface area contributed by atoms with Gasteiger partial charge in [-0.05, 0) is 30.2 Å². The van der Waals surface area contributed by atoms with Crippen molar-refractivity contribution in [3.05, 3.63) is 57.6 Å². The Hall–Kier alpha value is -1.19. The Morgan fingerprint density at radius 3 is 2.52 bits per heavy atom. The summed E-state index contributed by atoms with van der Waals surface area (Å²) in [6.45, 7) is 3.42. The highest BCUT2D eigenvalue weighted by Crippen LogP contribution is 2.41. The third-order valence-corrected chi connectivity index (χ3v) is 4.65. The van der Waals surface area contributed by atoms with Crippen molar-refractivity contribution in [2.75, 3.05) is 13.2 Å². The average Bonchev–Trinajstić information content (AvgIpc) is 2.70. The highest BCUT2D eigenvalue weighted by molar-refractivity contribution is 9.10. The maximum atomic E-state index is 6.67. The molecule has 0 N–H and O–H groups in total. The van der Waals surface area contributed by atoms with E-state index < -0.39 is 0 Å². The van der Waals surface area contributed by atoms with Gasteiger partial charge in [-0.15, -0.1) is 11.6 Å². The number of ether oxygens (including phenoxy) is 2. The van der Waals surface area contributed by atoms with Crippen LogP contribution in [0.25, 0.3) is 0 Å². The molecular weight excluding hydrogens is 352 g/mol. The van der Waals surface area contributed by atoms with Gasteiger partial charge in [-0.25, -0.2) is 0 Å². The zero-order valence-corrected chi connectivity index (χ0v) is 14.1.